The molecule has 0 fully saturated rings. The fraction of sp³-hybridized carbons (Fsp3) is 0.0256. The molecule has 0 N–H and O–H groups in total. The van der Waals surface area contributed by atoms with E-state index in [1.165, 1.54) is 66.1 Å². The van der Waals surface area contributed by atoms with Gasteiger partial charge in [-0.25, -0.2) is 0 Å². The van der Waals surface area contributed by atoms with Gasteiger partial charge in [0.15, 0.2) is 0 Å². The highest BCUT2D eigenvalue weighted by Gasteiger charge is 2.55. The summed E-state index contributed by atoms with van der Waals surface area (Å²) in [5.41, 5.74) is 13.2. The van der Waals surface area contributed by atoms with Crippen molar-refractivity contribution in [3.63, 3.8) is 0 Å². The molecule has 0 saturated carbocycles. The van der Waals surface area contributed by atoms with Crippen LogP contribution in [0.4, 0.5) is 0 Å². The van der Waals surface area contributed by atoms with Crippen LogP contribution >= 0.6 is 0 Å². The predicted octanol–water partition coefficient (Wildman–Crippen LogP) is 9.87. The van der Waals surface area contributed by atoms with Crippen LogP contribution < -0.4 is 0 Å². The van der Waals surface area contributed by atoms with Crippen LogP contribution in [-0.2, 0) is 5.41 Å². The maximum Gasteiger partial charge on any atom is 0.140 e. The van der Waals surface area contributed by atoms with Crippen LogP contribution in [0.5, 0.6) is 0 Å². The molecule has 0 saturated heterocycles. The number of hydrogen-bond acceptors (Lipinski definition) is 1. The number of benzene rings is 6. The highest BCUT2D eigenvalue weighted by Crippen LogP contribution is 2.66. The lowest BCUT2D eigenvalue weighted by molar-refractivity contribution is 0.628. The van der Waals surface area contributed by atoms with Gasteiger partial charge in [-0.3, -0.25) is 0 Å². The van der Waals surface area contributed by atoms with Gasteiger partial charge in [-0.05, 0) is 58.1 Å². The summed E-state index contributed by atoms with van der Waals surface area (Å²) in [6.07, 6.45) is 0. The van der Waals surface area contributed by atoms with Gasteiger partial charge in [0.05, 0.1) is 16.4 Å². The number of nitrogens with zero attached hydrogens (tertiary/aromatic N) is 1. The Morgan fingerprint density at radius 2 is 1.07 bits per heavy atom. The van der Waals surface area contributed by atoms with E-state index in [0.29, 0.717) is 0 Å². The van der Waals surface area contributed by atoms with Gasteiger partial charge in [0, 0.05) is 33.0 Å². The maximum atomic E-state index is 6.63. The molecule has 10 rings (SSSR count). The van der Waals surface area contributed by atoms with Crippen molar-refractivity contribution in [2.24, 2.45) is 0 Å². The average molecular weight is 522 g/mol. The lowest BCUT2D eigenvalue weighted by Crippen LogP contribution is -2.26. The Hall–Kier alpha value is -5.34. The van der Waals surface area contributed by atoms with Gasteiger partial charge in [-0.15, -0.1) is 0 Å². The summed E-state index contributed by atoms with van der Waals surface area (Å²) >= 11 is 0. The summed E-state index contributed by atoms with van der Waals surface area (Å²) in [6, 6.07) is 50.8. The van der Waals surface area contributed by atoms with E-state index in [9.17, 15) is 0 Å². The second-order valence-electron chi connectivity index (χ2n) is 11.2. The van der Waals surface area contributed by atoms with E-state index < -0.39 is 5.41 Å². The van der Waals surface area contributed by atoms with Crippen LogP contribution in [0.3, 0.4) is 0 Å². The molecular weight excluding hydrogens is 498 g/mol. The van der Waals surface area contributed by atoms with E-state index in [0.717, 1.165) is 17.0 Å². The third-order valence-corrected chi connectivity index (χ3v) is 9.41. The fourth-order valence-corrected chi connectivity index (χ4v) is 7.92. The first kappa shape index (κ1) is 21.5. The van der Waals surface area contributed by atoms with Crippen molar-refractivity contribution >= 4 is 32.8 Å². The highest BCUT2D eigenvalue weighted by molar-refractivity contribution is 6.09. The molecule has 6 aromatic carbocycles. The number of rotatable bonds is 2. The summed E-state index contributed by atoms with van der Waals surface area (Å²) in [7, 11) is 0. The quantitative estimate of drug-likeness (QED) is 0.221. The second-order valence-corrected chi connectivity index (χ2v) is 11.2. The van der Waals surface area contributed by atoms with E-state index in [4.69, 9.17) is 4.42 Å². The molecule has 2 nitrogen and oxygen atoms in total. The van der Waals surface area contributed by atoms with Gasteiger partial charge < -0.3 is 8.98 Å². The molecule has 2 heteroatoms. The van der Waals surface area contributed by atoms with Gasteiger partial charge in [0.1, 0.15) is 11.3 Å². The number of aromatic nitrogens is 1. The van der Waals surface area contributed by atoms with Crippen LogP contribution in [0.15, 0.2) is 144 Å². The van der Waals surface area contributed by atoms with Crippen molar-refractivity contribution < 1.29 is 4.42 Å². The van der Waals surface area contributed by atoms with E-state index in [2.05, 4.69) is 144 Å². The molecule has 8 aromatic rings. The van der Waals surface area contributed by atoms with Crippen molar-refractivity contribution in [1.29, 1.82) is 0 Å². The minimum Gasteiger partial charge on any atom is -0.456 e. The minimum atomic E-state index is -0.427. The number of hydrogen-bond donors (Lipinski definition) is 0. The van der Waals surface area contributed by atoms with Crippen molar-refractivity contribution in [1.82, 2.24) is 4.57 Å². The maximum absolute atomic E-state index is 6.63. The standard InChI is InChI=1S/C39H23NO/c1-5-16-32-26(10-1)29-14-9-15-31-36(29)39(32,37-30-13-4-8-19-35(30)41-38(31)37)24-20-22-25(23-21-24)40-33-17-6-2-11-27(33)28-12-3-7-18-34(28)40/h1-23H. The molecule has 2 heterocycles. The molecule has 2 aliphatic rings. The molecule has 0 amide bonds. The molecule has 0 spiro atoms. The molecule has 1 atom stereocenters. The molecule has 1 unspecified atom stereocenters. The van der Waals surface area contributed by atoms with E-state index in [-0.39, 0.29) is 0 Å². The first-order chi connectivity index (χ1) is 20.4. The van der Waals surface area contributed by atoms with Crippen LogP contribution in [0.1, 0.15) is 22.3 Å². The molecule has 0 radical (unpaired) electrons. The van der Waals surface area contributed by atoms with Crippen molar-refractivity contribution in [3.8, 4) is 28.1 Å². The van der Waals surface area contributed by atoms with Crippen molar-refractivity contribution in [2.75, 3.05) is 0 Å². The molecular formula is C39H23NO. The third-order valence-electron chi connectivity index (χ3n) is 9.41. The minimum absolute atomic E-state index is 0.427. The molecule has 0 aliphatic heterocycles. The Bertz CT molecular complexity index is 2320. The van der Waals surface area contributed by atoms with Gasteiger partial charge >= 0.3 is 0 Å². The Labute approximate surface area is 236 Å². The Kier molecular flexibility index (Phi) is 3.90. The topological polar surface area (TPSA) is 18.1 Å². The zero-order valence-electron chi connectivity index (χ0n) is 22.1. The summed E-state index contributed by atoms with van der Waals surface area (Å²) in [6.45, 7) is 0. The number of furan rings is 1. The van der Waals surface area contributed by atoms with E-state index in [1.807, 2.05) is 0 Å². The lowest BCUT2D eigenvalue weighted by Gasteiger charge is -2.30. The lowest BCUT2D eigenvalue weighted by atomic mass is 9.70. The van der Waals surface area contributed by atoms with Crippen LogP contribution in [0.25, 0.3) is 60.9 Å². The summed E-state index contributed by atoms with van der Waals surface area (Å²) in [4.78, 5) is 0. The Morgan fingerprint density at radius 3 is 1.85 bits per heavy atom. The van der Waals surface area contributed by atoms with Gasteiger partial charge in [0.25, 0.3) is 0 Å². The Balaban J connectivity index is 1.29. The zero-order chi connectivity index (χ0) is 26.7. The highest BCUT2D eigenvalue weighted by atomic mass is 16.3. The first-order valence-electron chi connectivity index (χ1n) is 14.2. The van der Waals surface area contributed by atoms with Gasteiger partial charge in [-0.1, -0.05) is 109 Å². The monoisotopic (exact) mass is 521 g/mol. The summed E-state index contributed by atoms with van der Waals surface area (Å²) in [5, 5.41) is 3.74. The van der Waals surface area contributed by atoms with E-state index in [1.54, 1.807) is 0 Å². The molecule has 41 heavy (non-hydrogen) atoms. The summed E-state index contributed by atoms with van der Waals surface area (Å²) in [5.74, 6) is 1.00. The smallest absolute Gasteiger partial charge is 0.140 e. The van der Waals surface area contributed by atoms with Crippen LogP contribution in [-0.4, -0.2) is 4.57 Å². The zero-order valence-corrected chi connectivity index (χ0v) is 22.1. The normalized spacial score (nSPS) is 16.4. The second kappa shape index (κ2) is 7.44. The molecule has 2 aliphatic carbocycles. The number of fused-ring (bicyclic) bond motifs is 11. The number of para-hydroxylation sites is 3. The van der Waals surface area contributed by atoms with Crippen LogP contribution in [0, 0.1) is 0 Å². The van der Waals surface area contributed by atoms with E-state index >= 15 is 0 Å². The van der Waals surface area contributed by atoms with Gasteiger partial charge in [-0.2, -0.15) is 0 Å². The SMILES string of the molecule is c1ccc2c(c1)-c1cccc3c1C2(c1ccc(-n2c4ccccc4c4ccccc42)cc1)c1c-3oc2ccccc12. The molecule has 0 bridgehead atoms. The predicted molar refractivity (Wildman–Crippen MR) is 167 cm³/mol. The van der Waals surface area contributed by atoms with Gasteiger partial charge in [0.2, 0.25) is 0 Å². The first-order valence-corrected chi connectivity index (χ1v) is 14.2. The Morgan fingerprint density at radius 1 is 0.463 bits per heavy atom. The fourth-order valence-electron chi connectivity index (χ4n) is 7.92. The van der Waals surface area contributed by atoms with Crippen molar-refractivity contribution in [2.45, 2.75) is 5.41 Å². The molecule has 2 aromatic heterocycles. The molecule has 190 valence electrons. The van der Waals surface area contributed by atoms with Crippen LogP contribution in [0.2, 0.25) is 0 Å². The largest absolute Gasteiger partial charge is 0.456 e. The summed E-state index contributed by atoms with van der Waals surface area (Å²) < 4.78 is 9.02. The third kappa shape index (κ3) is 2.46. The van der Waals surface area contributed by atoms with Crippen molar-refractivity contribution in [3.05, 3.63) is 162 Å². The average Bonchev–Trinajstić information content (AvgIpc) is 3.75.